The molecule has 8 heteroatoms. The Hall–Kier alpha value is -3.56. The quantitative estimate of drug-likeness (QED) is 0.382. The zero-order valence-corrected chi connectivity index (χ0v) is 21.2. The molecule has 0 spiro atoms. The molecule has 2 fully saturated rings. The van der Waals surface area contributed by atoms with Crippen molar-refractivity contribution >= 4 is 11.9 Å². The molecule has 2 aliphatic heterocycles. The fourth-order valence-corrected chi connectivity index (χ4v) is 4.55. The van der Waals surface area contributed by atoms with E-state index in [1.807, 2.05) is 36.4 Å². The van der Waals surface area contributed by atoms with Gasteiger partial charge in [-0.3, -0.25) is 0 Å². The van der Waals surface area contributed by atoms with Gasteiger partial charge in [0.25, 0.3) is 0 Å². The lowest BCUT2D eigenvalue weighted by Gasteiger charge is -2.30. The van der Waals surface area contributed by atoms with E-state index in [0.29, 0.717) is 11.1 Å². The Morgan fingerprint density at radius 2 is 1.39 bits per heavy atom. The molecular formula is C30H30O8. The minimum absolute atomic E-state index is 0.245. The summed E-state index contributed by atoms with van der Waals surface area (Å²) in [6, 6.07) is 26.9. The van der Waals surface area contributed by atoms with Gasteiger partial charge >= 0.3 is 11.9 Å². The third kappa shape index (κ3) is 6.11. The van der Waals surface area contributed by atoms with E-state index < -0.39 is 48.4 Å². The number of fused-ring (bicyclic) bond motifs is 1. The SMILES string of the molecule is CC1(C)O[C@H]2O[C@H](C(COC(=O)c3ccccc3)OC(=O)c3ccccc3)[C@H](OCc3ccccc3)[C@H]2O1. The molecule has 0 saturated carbocycles. The van der Waals surface area contributed by atoms with E-state index in [0.717, 1.165) is 5.56 Å². The van der Waals surface area contributed by atoms with Crippen molar-refractivity contribution in [3.63, 3.8) is 0 Å². The molecule has 8 nitrogen and oxygen atoms in total. The Morgan fingerprint density at radius 3 is 2.03 bits per heavy atom. The summed E-state index contributed by atoms with van der Waals surface area (Å²) in [4.78, 5) is 25.7. The molecule has 0 radical (unpaired) electrons. The second-order valence-electron chi connectivity index (χ2n) is 9.60. The largest absolute Gasteiger partial charge is 0.458 e. The molecule has 0 amide bonds. The van der Waals surface area contributed by atoms with Crippen molar-refractivity contribution in [1.29, 1.82) is 0 Å². The predicted molar refractivity (Wildman–Crippen MR) is 136 cm³/mol. The van der Waals surface area contributed by atoms with Crippen molar-refractivity contribution in [2.75, 3.05) is 6.61 Å². The van der Waals surface area contributed by atoms with E-state index in [1.54, 1.807) is 68.4 Å². The molecule has 198 valence electrons. The van der Waals surface area contributed by atoms with Crippen LogP contribution in [-0.4, -0.2) is 55.0 Å². The summed E-state index contributed by atoms with van der Waals surface area (Å²) in [7, 11) is 0. The lowest BCUT2D eigenvalue weighted by Crippen LogP contribution is -2.46. The maximum atomic E-state index is 13.0. The highest BCUT2D eigenvalue weighted by Crippen LogP contribution is 2.40. The van der Waals surface area contributed by atoms with Crippen LogP contribution in [0.1, 0.15) is 40.1 Å². The van der Waals surface area contributed by atoms with Gasteiger partial charge in [-0.15, -0.1) is 0 Å². The van der Waals surface area contributed by atoms with Crippen molar-refractivity contribution in [2.24, 2.45) is 0 Å². The minimum Gasteiger partial charge on any atom is -0.458 e. The molecule has 5 atom stereocenters. The zero-order valence-electron chi connectivity index (χ0n) is 21.2. The van der Waals surface area contributed by atoms with Crippen LogP contribution in [0.2, 0.25) is 0 Å². The van der Waals surface area contributed by atoms with E-state index in [1.165, 1.54) is 0 Å². The summed E-state index contributed by atoms with van der Waals surface area (Å²) >= 11 is 0. The fourth-order valence-electron chi connectivity index (χ4n) is 4.55. The fraction of sp³-hybridized carbons (Fsp3) is 0.333. The van der Waals surface area contributed by atoms with Crippen LogP contribution >= 0.6 is 0 Å². The highest BCUT2D eigenvalue weighted by molar-refractivity contribution is 5.90. The lowest BCUT2D eigenvalue weighted by atomic mass is 10.1. The van der Waals surface area contributed by atoms with Crippen LogP contribution in [-0.2, 0) is 35.0 Å². The van der Waals surface area contributed by atoms with Crippen LogP contribution in [0.25, 0.3) is 0 Å². The number of hydrogen-bond donors (Lipinski definition) is 0. The molecular weight excluding hydrogens is 488 g/mol. The van der Waals surface area contributed by atoms with Gasteiger partial charge in [-0.2, -0.15) is 0 Å². The molecule has 3 aromatic rings. The Bertz CT molecular complexity index is 1210. The molecule has 38 heavy (non-hydrogen) atoms. The molecule has 0 bridgehead atoms. The first-order valence-electron chi connectivity index (χ1n) is 12.5. The summed E-state index contributed by atoms with van der Waals surface area (Å²) in [6.07, 6.45) is -3.77. The first kappa shape index (κ1) is 26.1. The normalized spacial score (nSPS) is 24.4. The van der Waals surface area contributed by atoms with E-state index in [-0.39, 0.29) is 13.2 Å². The smallest absolute Gasteiger partial charge is 0.338 e. The monoisotopic (exact) mass is 518 g/mol. The van der Waals surface area contributed by atoms with Gasteiger partial charge in [0.1, 0.15) is 24.9 Å². The molecule has 0 aliphatic carbocycles. The number of hydrogen-bond acceptors (Lipinski definition) is 8. The summed E-state index contributed by atoms with van der Waals surface area (Å²) in [5, 5.41) is 0. The molecule has 1 unspecified atom stereocenters. The van der Waals surface area contributed by atoms with Gasteiger partial charge in [0.05, 0.1) is 17.7 Å². The van der Waals surface area contributed by atoms with Gasteiger partial charge in [0, 0.05) is 0 Å². The van der Waals surface area contributed by atoms with Crippen LogP contribution in [0.5, 0.6) is 0 Å². The molecule has 3 aromatic carbocycles. The average molecular weight is 519 g/mol. The van der Waals surface area contributed by atoms with Crippen LogP contribution < -0.4 is 0 Å². The van der Waals surface area contributed by atoms with E-state index in [4.69, 9.17) is 28.4 Å². The van der Waals surface area contributed by atoms with Crippen LogP contribution in [0.15, 0.2) is 91.0 Å². The van der Waals surface area contributed by atoms with Gasteiger partial charge in [0.2, 0.25) is 0 Å². The number of benzene rings is 3. The maximum Gasteiger partial charge on any atom is 0.338 e. The van der Waals surface area contributed by atoms with Crippen molar-refractivity contribution in [3.05, 3.63) is 108 Å². The number of esters is 2. The summed E-state index contributed by atoms with van der Waals surface area (Å²) in [5.74, 6) is -1.99. The number of carbonyl (C=O) groups excluding carboxylic acids is 2. The highest BCUT2D eigenvalue weighted by atomic mass is 16.8. The number of rotatable bonds is 9. The average Bonchev–Trinajstić information content (AvgIpc) is 3.42. The molecule has 0 aromatic heterocycles. The van der Waals surface area contributed by atoms with Gasteiger partial charge in [-0.05, 0) is 43.7 Å². The molecule has 2 aliphatic rings. The number of ether oxygens (including phenoxy) is 6. The second kappa shape index (κ2) is 11.4. The summed E-state index contributed by atoms with van der Waals surface area (Å²) in [6.45, 7) is 3.63. The first-order valence-corrected chi connectivity index (χ1v) is 12.5. The highest BCUT2D eigenvalue weighted by Gasteiger charge is 2.58. The molecule has 0 N–H and O–H groups in total. The van der Waals surface area contributed by atoms with Crippen molar-refractivity contribution in [1.82, 2.24) is 0 Å². The van der Waals surface area contributed by atoms with E-state index in [9.17, 15) is 9.59 Å². The van der Waals surface area contributed by atoms with Crippen LogP contribution in [0, 0.1) is 0 Å². The third-order valence-electron chi connectivity index (χ3n) is 6.33. The standard InChI is InChI=1S/C30H30O8/c1-30(2)37-26-25(33-18-20-12-6-3-7-13-20)24(36-29(26)38-30)23(35-28(32)22-16-10-5-11-17-22)19-34-27(31)21-14-8-4-9-15-21/h3-17,23-26,29H,18-19H2,1-2H3/t23?,24-,25+,26-,29-/m1/s1. The lowest BCUT2D eigenvalue weighted by molar-refractivity contribution is -0.232. The molecule has 2 saturated heterocycles. The molecule has 2 heterocycles. The Morgan fingerprint density at radius 1 is 0.816 bits per heavy atom. The zero-order chi connectivity index (χ0) is 26.5. The van der Waals surface area contributed by atoms with Crippen molar-refractivity contribution in [3.8, 4) is 0 Å². The van der Waals surface area contributed by atoms with Crippen LogP contribution in [0.3, 0.4) is 0 Å². The van der Waals surface area contributed by atoms with Crippen molar-refractivity contribution in [2.45, 2.75) is 56.9 Å². The van der Waals surface area contributed by atoms with Gasteiger partial charge in [-0.25, -0.2) is 9.59 Å². The summed E-state index contributed by atoms with van der Waals surface area (Å²) < 4.78 is 36.0. The summed E-state index contributed by atoms with van der Waals surface area (Å²) in [5.41, 5.74) is 1.71. The maximum absolute atomic E-state index is 13.0. The first-order chi connectivity index (χ1) is 18.4. The van der Waals surface area contributed by atoms with Gasteiger partial charge < -0.3 is 28.4 Å². The second-order valence-corrected chi connectivity index (χ2v) is 9.60. The van der Waals surface area contributed by atoms with E-state index >= 15 is 0 Å². The van der Waals surface area contributed by atoms with Crippen molar-refractivity contribution < 1.29 is 38.0 Å². The van der Waals surface area contributed by atoms with Gasteiger partial charge in [-0.1, -0.05) is 66.7 Å². The predicted octanol–water partition coefficient (Wildman–Crippen LogP) is 4.53. The topological polar surface area (TPSA) is 89.5 Å². The van der Waals surface area contributed by atoms with Gasteiger partial charge in [0.15, 0.2) is 18.2 Å². The minimum atomic E-state index is -0.989. The Balaban J connectivity index is 1.38. The van der Waals surface area contributed by atoms with E-state index in [2.05, 4.69) is 0 Å². The molecule has 5 rings (SSSR count). The third-order valence-corrected chi connectivity index (χ3v) is 6.33. The Labute approximate surface area is 221 Å². The van der Waals surface area contributed by atoms with Crippen LogP contribution in [0.4, 0.5) is 0 Å². The Kier molecular flexibility index (Phi) is 7.85. The number of carbonyl (C=O) groups is 2.